The molecule has 0 radical (unpaired) electrons. The van der Waals surface area contributed by atoms with E-state index in [0.29, 0.717) is 22.6 Å². The molecule has 1 aromatic heterocycles. The molecule has 1 N–H and O–H groups in total. The summed E-state index contributed by atoms with van der Waals surface area (Å²) in [6, 6.07) is 11.9. The maximum atomic E-state index is 13.6. The Balaban J connectivity index is 1.60. The van der Waals surface area contributed by atoms with Crippen LogP contribution in [0.2, 0.25) is 0 Å². The second-order valence-corrected chi connectivity index (χ2v) is 8.72. The number of aryl methyl sites for hydroxylation is 1. The number of anilines is 1. The molecular formula is C23H20F2N2O3S. The molecule has 0 saturated carbocycles. The number of rotatable bonds is 5. The Labute approximate surface area is 182 Å². The fraction of sp³-hybridized carbons (Fsp3) is 0.217. The van der Waals surface area contributed by atoms with Gasteiger partial charge in [0.05, 0.1) is 24.0 Å². The highest BCUT2D eigenvalue weighted by atomic mass is 32.2. The van der Waals surface area contributed by atoms with Crippen molar-refractivity contribution in [3.8, 4) is 0 Å². The monoisotopic (exact) mass is 442 g/mol. The van der Waals surface area contributed by atoms with Crippen LogP contribution in [0.4, 0.5) is 14.5 Å². The minimum atomic E-state index is -0.705. The van der Waals surface area contributed by atoms with Crippen LogP contribution in [0.25, 0.3) is 0 Å². The van der Waals surface area contributed by atoms with E-state index in [1.165, 1.54) is 28.8 Å². The van der Waals surface area contributed by atoms with Gasteiger partial charge in [-0.25, -0.2) is 8.78 Å². The second kappa shape index (κ2) is 8.55. The number of hydrogen-bond acceptors (Lipinski definition) is 4. The number of furan rings is 1. The Morgan fingerprint density at radius 3 is 2.55 bits per heavy atom. The molecule has 1 unspecified atom stereocenters. The number of thioether (sulfide) groups is 1. The first kappa shape index (κ1) is 21.1. The summed E-state index contributed by atoms with van der Waals surface area (Å²) in [4.78, 5) is 27.8. The van der Waals surface area contributed by atoms with Crippen molar-refractivity contribution in [1.29, 1.82) is 0 Å². The van der Waals surface area contributed by atoms with Gasteiger partial charge in [-0.3, -0.25) is 9.59 Å². The predicted octanol–water partition coefficient (Wildman–Crippen LogP) is 4.82. The zero-order chi connectivity index (χ0) is 22.1. The highest BCUT2D eigenvalue weighted by molar-refractivity contribution is 8.01. The zero-order valence-electron chi connectivity index (χ0n) is 16.9. The van der Waals surface area contributed by atoms with Crippen molar-refractivity contribution in [2.75, 3.05) is 4.90 Å². The number of carbonyl (C=O) groups excluding carboxylic acids is 2. The van der Waals surface area contributed by atoms with Crippen LogP contribution < -0.4 is 10.2 Å². The summed E-state index contributed by atoms with van der Waals surface area (Å²) in [7, 11) is 0. The van der Waals surface area contributed by atoms with E-state index in [9.17, 15) is 18.4 Å². The Morgan fingerprint density at radius 1 is 1.13 bits per heavy atom. The molecule has 8 heteroatoms. The summed E-state index contributed by atoms with van der Waals surface area (Å²) in [5.74, 6) is -0.521. The molecular weight excluding hydrogens is 422 g/mol. The Bertz CT molecular complexity index is 1140. The van der Waals surface area contributed by atoms with Crippen molar-refractivity contribution in [1.82, 2.24) is 5.32 Å². The van der Waals surface area contributed by atoms with Crippen LogP contribution in [-0.2, 0) is 17.9 Å². The van der Waals surface area contributed by atoms with E-state index in [1.54, 1.807) is 31.2 Å². The number of nitrogens with one attached hydrogen (secondary N) is 1. The van der Waals surface area contributed by atoms with E-state index in [2.05, 4.69) is 5.32 Å². The first-order valence-corrected chi connectivity index (χ1v) is 10.6. The van der Waals surface area contributed by atoms with Crippen LogP contribution in [0, 0.1) is 18.6 Å². The predicted molar refractivity (Wildman–Crippen MR) is 114 cm³/mol. The molecule has 0 saturated heterocycles. The maximum absolute atomic E-state index is 13.6. The molecule has 5 nitrogen and oxygen atoms in total. The van der Waals surface area contributed by atoms with Gasteiger partial charge in [0.15, 0.2) is 0 Å². The van der Waals surface area contributed by atoms with E-state index in [-0.39, 0.29) is 30.2 Å². The smallest absolute Gasteiger partial charge is 0.251 e. The fourth-order valence-corrected chi connectivity index (χ4v) is 4.49. The molecule has 2 amide bonds. The van der Waals surface area contributed by atoms with Crippen molar-refractivity contribution in [2.45, 2.75) is 37.1 Å². The number of amides is 2. The van der Waals surface area contributed by atoms with E-state index < -0.39 is 11.6 Å². The first-order valence-electron chi connectivity index (χ1n) is 9.71. The van der Waals surface area contributed by atoms with Crippen molar-refractivity contribution in [3.05, 3.63) is 82.8 Å². The minimum Gasteiger partial charge on any atom is -0.465 e. The lowest BCUT2D eigenvalue weighted by atomic mass is 10.1. The van der Waals surface area contributed by atoms with Crippen molar-refractivity contribution in [3.63, 3.8) is 0 Å². The number of fused-ring (bicyclic) bond motifs is 1. The summed E-state index contributed by atoms with van der Waals surface area (Å²) >= 11 is 1.39. The molecule has 4 rings (SSSR count). The lowest BCUT2D eigenvalue weighted by molar-refractivity contribution is -0.118. The average molecular weight is 442 g/mol. The topological polar surface area (TPSA) is 62.6 Å². The molecule has 2 heterocycles. The van der Waals surface area contributed by atoms with Gasteiger partial charge < -0.3 is 14.6 Å². The van der Waals surface area contributed by atoms with Gasteiger partial charge in [0.1, 0.15) is 23.2 Å². The van der Waals surface area contributed by atoms with Crippen molar-refractivity contribution >= 4 is 29.3 Å². The number of nitrogens with zero attached hydrogens (tertiary/aromatic N) is 1. The van der Waals surface area contributed by atoms with Gasteiger partial charge in [-0.15, -0.1) is 11.8 Å². The highest BCUT2D eigenvalue weighted by Gasteiger charge is 2.31. The van der Waals surface area contributed by atoms with Crippen molar-refractivity contribution in [2.24, 2.45) is 0 Å². The van der Waals surface area contributed by atoms with Gasteiger partial charge in [-0.05, 0) is 61.9 Å². The van der Waals surface area contributed by atoms with E-state index in [1.807, 2.05) is 13.0 Å². The summed E-state index contributed by atoms with van der Waals surface area (Å²) in [5, 5.41) is 2.44. The van der Waals surface area contributed by atoms with Crippen molar-refractivity contribution < 1.29 is 22.8 Å². The van der Waals surface area contributed by atoms with E-state index in [0.717, 1.165) is 16.7 Å². The molecule has 3 aromatic rings. The number of benzene rings is 2. The van der Waals surface area contributed by atoms with E-state index in [4.69, 9.17) is 4.42 Å². The first-order chi connectivity index (χ1) is 14.8. The average Bonchev–Trinajstić information content (AvgIpc) is 3.14. The van der Waals surface area contributed by atoms with Crippen LogP contribution in [0.5, 0.6) is 0 Å². The van der Waals surface area contributed by atoms with Gasteiger partial charge in [0.25, 0.3) is 5.91 Å². The third kappa shape index (κ3) is 4.64. The summed E-state index contributed by atoms with van der Waals surface area (Å²) in [6.07, 6.45) is 0. The number of hydrogen-bond donors (Lipinski definition) is 1. The van der Waals surface area contributed by atoms with Crippen LogP contribution in [0.15, 0.2) is 57.8 Å². The zero-order valence-corrected chi connectivity index (χ0v) is 17.8. The second-order valence-electron chi connectivity index (χ2n) is 7.34. The standard InChI is InChI=1S/C23H20F2N2O3S/c1-13-3-5-19(30-13)11-26-22(28)16-4-6-21-20(9-16)27(23(29)14(2)31-21)12-15-7-17(24)10-18(25)8-15/h3-10,14H,11-12H2,1-2H3,(H,26,28). The number of halogens is 2. The van der Waals surface area contributed by atoms with Gasteiger partial charge in [-0.2, -0.15) is 0 Å². The number of carbonyl (C=O) groups is 2. The highest BCUT2D eigenvalue weighted by Crippen LogP contribution is 2.40. The summed E-state index contributed by atoms with van der Waals surface area (Å²) in [5.41, 5.74) is 1.25. The molecule has 1 aliphatic rings. The van der Waals surface area contributed by atoms with Crippen LogP contribution in [0.3, 0.4) is 0 Å². The molecule has 0 aliphatic carbocycles. The molecule has 160 valence electrons. The van der Waals surface area contributed by atoms with Gasteiger partial charge in [0.2, 0.25) is 5.91 Å². The molecule has 1 atom stereocenters. The van der Waals surface area contributed by atoms with Crippen LogP contribution >= 0.6 is 11.8 Å². The molecule has 0 bridgehead atoms. The maximum Gasteiger partial charge on any atom is 0.251 e. The third-order valence-electron chi connectivity index (χ3n) is 4.91. The lowest BCUT2D eigenvalue weighted by Crippen LogP contribution is -2.39. The molecule has 2 aromatic carbocycles. The quantitative estimate of drug-likeness (QED) is 0.615. The van der Waals surface area contributed by atoms with Gasteiger partial charge in [-0.1, -0.05) is 0 Å². The Morgan fingerprint density at radius 2 is 1.87 bits per heavy atom. The summed E-state index contributed by atoms with van der Waals surface area (Å²) in [6.45, 7) is 3.84. The van der Waals surface area contributed by atoms with Gasteiger partial charge in [0, 0.05) is 16.5 Å². The minimum absolute atomic E-state index is 0.00214. The lowest BCUT2D eigenvalue weighted by Gasteiger charge is -2.32. The molecule has 0 spiro atoms. The van der Waals surface area contributed by atoms with E-state index >= 15 is 0 Å². The molecule has 31 heavy (non-hydrogen) atoms. The van der Waals surface area contributed by atoms with Crippen LogP contribution in [-0.4, -0.2) is 17.1 Å². The van der Waals surface area contributed by atoms with Gasteiger partial charge >= 0.3 is 0 Å². The largest absolute Gasteiger partial charge is 0.465 e. The third-order valence-corrected chi connectivity index (χ3v) is 6.07. The molecule has 1 aliphatic heterocycles. The van der Waals surface area contributed by atoms with Crippen LogP contribution in [0.1, 0.15) is 34.4 Å². The SMILES string of the molecule is Cc1ccc(CNC(=O)c2ccc3c(c2)N(Cc2cc(F)cc(F)c2)C(=O)C(C)S3)o1. The summed E-state index contributed by atoms with van der Waals surface area (Å²) < 4.78 is 32.7. The fourth-order valence-electron chi connectivity index (χ4n) is 3.45. The normalized spacial score (nSPS) is 15.7. The Hall–Kier alpha value is -3.13. The Kier molecular flexibility index (Phi) is 5.82. The molecule has 0 fully saturated rings.